The average Bonchev–Trinajstić information content (AvgIpc) is 2.48. The number of hydrogen-bond acceptors (Lipinski definition) is 2. The van der Waals surface area contributed by atoms with E-state index in [4.69, 9.17) is 10.5 Å². The summed E-state index contributed by atoms with van der Waals surface area (Å²) in [6, 6.07) is 1.96. The van der Waals surface area contributed by atoms with Crippen molar-refractivity contribution in [1.29, 1.82) is 0 Å². The number of hydrogen-bond donors (Lipinski definition) is 1. The van der Waals surface area contributed by atoms with Crippen LogP contribution in [0.5, 0.6) is 0 Å². The van der Waals surface area contributed by atoms with Gasteiger partial charge in [-0.3, -0.25) is 4.79 Å². The highest BCUT2D eigenvalue weighted by atomic mass is 31.0. The minimum Gasteiger partial charge on any atom is -0.384 e. The molecule has 0 aromatic carbocycles. The van der Waals surface area contributed by atoms with Gasteiger partial charge in [-0.05, 0) is 17.8 Å². The Morgan fingerprint density at radius 1 is 1.75 bits per heavy atom. The molecule has 0 radical (unpaired) electrons. The van der Waals surface area contributed by atoms with Crippen LogP contribution in [0.25, 0.3) is 0 Å². The lowest BCUT2D eigenvalue weighted by molar-refractivity contribution is 0.100. The van der Waals surface area contributed by atoms with Crippen molar-refractivity contribution in [2.24, 2.45) is 5.73 Å². The lowest BCUT2D eigenvalue weighted by atomic mass is 10.2. The minimum atomic E-state index is -0.301. The number of primary amides is 1. The highest BCUT2D eigenvalue weighted by Crippen LogP contribution is 2.21. The van der Waals surface area contributed by atoms with Crippen molar-refractivity contribution in [1.82, 2.24) is 0 Å². The van der Waals surface area contributed by atoms with Gasteiger partial charge in [-0.1, -0.05) is 6.07 Å². The predicted octanol–water partition coefficient (Wildman–Crippen LogP) is 1.01. The summed E-state index contributed by atoms with van der Waals surface area (Å²) in [4.78, 5) is 10.9. The zero-order chi connectivity index (χ0) is 8.97. The molecule has 0 spiro atoms. The molecule has 1 amide bonds. The van der Waals surface area contributed by atoms with Crippen molar-refractivity contribution >= 4 is 14.1 Å². The van der Waals surface area contributed by atoms with Crippen LogP contribution in [0.3, 0.4) is 0 Å². The standard InChI is InChI=1S/C8H12NO2P/c1-11-4-2-6-3-5-12-7(6)8(9)10/h3,5,12H,2,4H2,1H3,(H2,9,10). The number of rotatable bonds is 4. The van der Waals surface area contributed by atoms with E-state index in [1.54, 1.807) is 7.11 Å². The SMILES string of the molecule is COCCc1cc[pH]c1C(N)=O. The van der Waals surface area contributed by atoms with Gasteiger partial charge in [-0.15, -0.1) is 8.19 Å². The summed E-state index contributed by atoms with van der Waals surface area (Å²) in [6.45, 7) is 0.640. The lowest BCUT2D eigenvalue weighted by Crippen LogP contribution is -2.11. The molecule has 1 atom stereocenters. The summed E-state index contributed by atoms with van der Waals surface area (Å²) in [6.07, 6.45) is 0.776. The van der Waals surface area contributed by atoms with Gasteiger partial charge in [0, 0.05) is 7.11 Å². The van der Waals surface area contributed by atoms with Crippen LogP contribution >= 0.6 is 8.19 Å². The van der Waals surface area contributed by atoms with Crippen molar-refractivity contribution < 1.29 is 9.53 Å². The monoisotopic (exact) mass is 185 g/mol. The van der Waals surface area contributed by atoms with Gasteiger partial charge in [0.15, 0.2) is 0 Å². The Morgan fingerprint density at radius 3 is 3.08 bits per heavy atom. The first-order chi connectivity index (χ1) is 5.75. The second-order valence-electron chi connectivity index (χ2n) is 2.48. The van der Waals surface area contributed by atoms with E-state index in [2.05, 4.69) is 0 Å². The minimum absolute atomic E-state index is 0.301. The first-order valence-corrected chi connectivity index (χ1v) is 4.78. The van der Waals surface area contributed by atoms with Gasteiger partial charge < -0.3 is 10.5 Å². The third kappa shape index (κ3) is 2.10. The molecule has 1 aromatic rings. The van der Waals surface area contributed by atoms with Crippen LogP contribution in [0, 0.1) is 0 Å². The van der Waals surface area contributed by atoms with E-state index in [1.807, 2.05) is 11.9 Å². The van der Waals surface area contributed by atoms with E-state index in [1.165, 1.54) is 0 Å². The van der Waals surface area contributed by atoms with E-state index in [0.717, 1.165) is 17.3 Å². The molecule has 0 aliphatic heterocycles. The highest BCUT2D eigenvalue weighted by Gasteiger charge is 2.07. The van der Waals surface area contributed by atoms with Crippen molar-refractivity contribution in [3.05, 3.63) is 22.7 Å². The number of ether oxygens (including phenoxy) is 1. The smallest absolute Gasteiger partial charge is 0.252 e. The third-order valence-corrected chi connectivity index (χ3v) is 2.84. The summed E-state index contributed by atoms with van der Waals surface area (Å²) in [7, 11) is 2.08. The molecule has 3 nitrogen and oxygen atoms in total. The molecule has 1 unspecified atom stereocenters. The summed E-state index contributed by atoms with van der Waals surface area (Å²) in [5.41, 5.74) is 6.22. The fraction of sp³-hybridized carbons (Fsp3) is 0.375. The van der Waals surface area contributed by atoms with E-state index < -0.39 is 0 Å². The molecule has 1 aromatic heterocycles. The van der Waals surface area contributed by atoms with Gasteiger partial charge in [0.05, 0.1) is 11.9 Å². The Hall–Kier alpha value is -0.790. The number of carbonyl (C=O) groups is 1. The second-order valence-corrected chi connectivity index (χ2v) is 3.61. The Bertz CT molecular complexity index is 270. The molecule has 0 saturated heterocycles. The molecule has 1 heterocycles. The Morgan fingerprint density at radius 2 is 2.50 bits per heavy atom. The van der Waals surface area contributed by atoms with Gasteiger partial charge in [0.25, 0.3) is 5.91 Å². The first-order valence-electron chi connectivity index (χ1n) is 3.70. The van der Waals surface area contributed by atoms with Crippen LogP contribution in [0.1, 0.15) is 15.7 Å². The van der Waals surface area contributed by atoms with Crippen LogP contribution < -0.4 is 5.73 Å². The van der Waals surface area contributed by atoms with Crippen LogP contribution in [-0.2, 0) is 11.2 Å². The van der Waals surface area contributed by atoms with E-state index in [-0.39, 0.29) is 5.91 Å². The Kier molecular flexibility index (Phi) is 3.32. The molecule has 1 rings (SSSR count). The molecular weight excluding hydrogens is 173 g/mol. The maximum Gasteiger partial charge on any atom is 0.252 e. The Balaban J connectivity index is 2.70. The van der Waals surface area contributed by atoms with Crippen LogP contribution in [-0.4, -0.2) is 19.6 Å². The lowest BCUT2D eigenvalue weighted by Gasteiger charge is -1.99. The molecule has 0 aliphatic carbocycles. The van der Waals surface area contributed by atoms with Gasteiger partial charge in [0.2, 0.25) is 0 Å². The van der Waals surface area contributed by atoms with Crippen LogP contribution in [0.4, 0.5) is 0 Å². The van der Waals surface area contributed by atoms with Crippen molar-refractivity contribution in [3.8, 4) is 0 Å². The molecule has 0 saturated carbocycles. The maximum absolute atomic E-state index is 10.9. The van der Waals surface area contributed by atoms with E-state index in [0.29, 0.717) is 14.8 Å². The summed E-state index contributed by atoms with van der Waals surface area (Å²) in [5, 5.41) is 0.757. The number of methoxy groups -OCH3 is 1. The zero-order valence-electron chi connectivity index (χ0n) is 6.96. The van der Waals surface area contributed by atoms with Gasteiger partial charge in [-0.25, -0.2) is 0 Å². The van der Waals surface area contributed by atoms with Crippen molar-refractivity contribution in [2.75, 3.05) is 13.7 Å². The molecule has 0 aliphatic rings. The number of amides is 1. The topological polar surface area (TPSA) is 52.3 Å². The van der Waals surface area contributed by atoms with Gasteiger partial charge in [0.1, 0.15) is 0 Å². The van der Waals surface area contributed by atoms with Gasteiger partial charge in [-0.2, -0.15) is 0 Å². The third-order valence-electron chi connectivity index (χ3n) is 1.66. The predicted molar refractivity (Wildman–Crippen MR) is 50.0 cm³/mol. The van der Waals surface area contributed by atoms with Crippen LogP contribution in [0.2, 0.25) is 0 Å². The van der Waals surface area contributed by atoms with Crippen molar-refractivity contribution in [2.45, 2.75) is 6.42 Å². The van der Waals surface area contributed by atoms with Crippen LogP contribution in [0.15, 0.2) is 11.9 Å². The summed E-state index contributed by atoms with van der Waals surface area (Å²) in [5.74, 6) is 1.68. The average molecular weight is 185 g/mol. The molecular formula is C8H12NO2P. The zero-order valence-corrected chi connectivity index (χ0v) is 7.96. The molecule has 0 bridgehead atoms. The number of carbonyl (C=O) groups excluding carboxylic acids is 1. The Labute approximate surface area is 73.0 Å². The quantitative estimate of drug-likeness (QED) is 0.760. The number of nitrogens with two attached hydrogens (primary N) is 1. The van der Waals surface area contributed by atoms with Gasteiger partial charge >= 0.3 is 0 Å². The van der Waals surface area contributed by atoms with E-state index in [9.17, 15) is 4.79 Å². The molecule has 66 valence electrons. The maximum atomic E-state index is 10.9. The summed E-state index contributed by atoms with van der Waals surface area (Å²) >= 11 is 0. The molecule has 2 N–H and O–H groups in total. The molecule has 12 heavy (non-hydrogen) atoms. The van der Waals surface area contributed by atoms with Crippen molar-refractivity contribution in [3.63, 3.8) is 0 Å². The van der Waals surface area contributed by atoms with E-state index >= 15 is 0 Å². The normalized spacial score (nSPS) is 10.8. The largest absolute Gasteiger partial charge is 0.384 e. The fourth-order valence-electron chi connectivity index (χ4n) is 1.05. The fourth-order valence-corrected chi connectivity index (χ4v) is 2.04. The first kappa shape index (κ1) is 9.30. The second kappa shape index (κ2) is 4.29. The molecule has 0 fully saturated rings. The summed E-state index contributed by atoms with van der Waals surface area (Å²) < 4.78 is 4.91. The molecule has 4 heteroatoms. The highest BCUT2D eigenvalue weighted by molar-refractivity contribution is 7.32.